The molecule has 9 aliphatic rings. The Bertz CT molecular complexity index is 3960. The Morgan fingerprint density at radius 1 is 0.381 bits per heavy atom. The van der Waals surface area contributed by atoms with E-state index in [1.165, 1.54) is 6.07 Å². The van der Waals surface area contributed by atoms with E-state index in [9.17, 15) is 0 Å². The van der Waals surface area contributed by atoms with E-state index in [0.717, 1.165) is 213 Å². The van der Waals surface area contributed by atoms with Gasteiger partial charge in [0.1, 0.15) is 35.4 Å². The minimum atomic E-state index is -0.330. The van der Waals surface area contributed by atoms with Crippen LogP contribution in [0.2, 0.25) is 35.9 Å². The second-order valence-electron chi connectivity index (χ2n) is 28.1. The van der Waals surface area contributed by atoms with E-state index in [1.54, 1.807) is 6.07 Å². The summed E-state index contributed by atoms with van der Waals surface area (Å²) < 4.78 is 72.8. The Labute approximate surface area is 695 Å². The number of aryl methyl sites for hydroxylation is 2. The van der Waals surface area contributed by atoms with Crippen molar-refractivity contribution in [3.8, 4) is 28.9 Å². The first-order valence-electron chi connectivity index (χ1n) is 37.9. The molecule has 9 aliphatic heterocycles. The maximum absolute atomic E-state index is 6.22. The van der Waals surface area contributed by atoms with Gasteiger partial charge in [-0.2, -0.15) is 0 Å². The van der Waals surface area contributed by atoms with Crippen LogP contribution >= 0.6 is 81.2 Å². The van der Waals surface area contributed by atoms with E-state index in [1.807, 2.05) is 55.5 Å². The summed E-state index contributed by atoms with van der Waals surface area (Å²) in [4.78, 5) is 8.71. The topological polar surface area (TPSA) is 326 Å². The summed E-state index contributed by atoms with van der Waals surface area (Å²) in [6, 6.07) is 20.5. The van der Waals surface area contributed by atoms with Crippen LogP contribution < -0.4 is 56.1 Å². The van der Waals surface area contributed by atoms with Crippen LogP contribution in [0.5, 0.6) is 17.6 Å². The molecule has 9 fully saturated rings. The molecule has 38 heteroatoms. The lowest BCUT2D eigenvalue weighted by Gasteiger charge is -2.32. The Balaban J connectivity index is 0.000000145. The molecule has 9 saturated heterocycles. The quantitative estimate of drug-likeness (QED) is 0.0756. The maximum atomic E-state index is 6.22. The van der Waals surface area contributed by atoms with E-state index in [-0.39, 0.29) is 46.9 Å². The van der Waals surface area contributed by atoms with Crippen molar-refractivity contribution in [1.82, 2.24) is 56.3 Å². The van der Waals surface area contributed by atoms with Gasteiger partial charge in [0.05, 0.1) is 133 Å². The van der Waals surface area contributed by atoms with Gasteiger partial charge in [-0.1, -0.05) is 98.9 Å². The second kappa shape index (κ2) is 45.4. The van der Waals surface area contributed by atoms with Crippen LogP contribution in [0.1, 0.15) is 77.3 Å². The van der Waals surface area contributed by atoms with Crippen LogP contribution in [0.3, 0.4) is 0 Å². The fourth-order valence-electron chi connectivity index (χ4n) is 12.4. The molecule has 0 amide bonds. The number of anilines is 6. The summed E-state index contributed by atoms with van der Waals surface area (Å²) >= 11 is 39.9. The monoisotopic (exact) mass is 1700 g/mol. The average Bonchev–Trinajstić information content (AvgIpc) is 1.62. The Kier molecular flexibility index (Phi) is 35.8. The van der Waals surface area contributed by atoms with Crippen LogP contribution in [0.25, 0.3) is 11.3 Å². The lowest BCUT2D eigenvalue weighted by molar-refractivity contribution is 0.00578. The third-order valence-corrected chi connectivity index (χ3v) is 21.2. The van der Waals surface area contributed by atoms with Crippen molar-refractivity contribution in [2.24, 2.45) is 0 Å². The van der Waals surface area contributed by atoms with Gasteiger partial charge in [-0.05, 0) is 89.0 Å². The van der Waals surface area contributed by atoms with E-state index in [2.05, 4.69) is 117 Å². The number of nitrogens with two attached hydrogens (primary N) is 2. The molecule has 2 aromatic carbocycles. The fraction of sp³-hybridized carbons (Fsp3) is 0.573. The Hall–Kier alpha value is -6.31. The molecule has 0 aliphatic carbocycles. The molecular formula is C75H101BCl7N17O13. The molecule has 616 valence electrons. The molecule has 0 saturated carbocycles. The van der Waals surface area contributed by atoms with E-state index in [4.69, 9.17) is 154 Å². The zero-order valence-corrected chi connectivity index (χ0v) is 69.9. The van der Waals surface area contributed by atoms with Crippen molar-refractivity contribution in [2.75, 3.05) is 202 Å². The number of nitrogen functional groups attached to an aromatic ring is 2. The summed E-state index contributed by atoms with van der Waals surface area (Å²) in [5.41, 5.74) is 21.3. The minimum Gasteiger partial charge on any atom is -0.472 e. The molecule has 0 bridgehead atoms. The number of hydrogen-bond acceptors (Lipinski definition) is 30. The smallest absolute Gasteiger partial charge is 0.472 e. The molecular weight excluding hydrogens is 1610 g/mol. The summed E-state index contributed by atoms with van der Waals surface area (Å²) in [5.74, 6) is 1.71. The molecule has 0 unspecified atom stereocenters. The first-order valence-corrected chi connectivity index (χ1v) is 40.6. The van der Waals surface area contributed by atoms with Crippen molar-refractivity contribution in [3.63, 3.8) is 0 Å². The maximum Gasteiger partial charge on any atom is 0.495 e. The molecule has 113 heavy (non-hydrogen) atoms. The van der Waals surface area contributed by atoms with Crippen LogP contribution in [0, 0.1) is 13.8 Å². The van der Waals surface area contributed by atoms with Gasteiger partial charge in [-0.15, -0.1) is 51.0 Å². The largest absolute Gasteiger partial charge is 0.495 e. The van der Waals surface area contributed by atoms with Crippen molar-refractivity contribution in [1.29, 1.82) is 0 Å². The van der Waals surface area contributed by atoms with Crippen LogP contribution in [0.15, 0.2) is 66.7 Å². The number of ether oxygens (including phenoxy) is 11. The molecule has 5 aromatic heterocycles. The van der Waals surface area contributed by atoms with Gasteiger partial charge in [-0.3, -0.25) is 0 Å². The molecule has 0 spiro atoms. The zero-order valence-electron chi connectivity index (χ0n) is 64.7. The molecule has 14 heterocycles. The normalized spacial score (nSPS) is 19.3. The standard InChI is InChI=1S/C20H26N4O3.C13H20BNO2.2C13H18ClN3O3.C8H9Cl2N3O.C4HCl3N2.C4H9NO/c1-14-2-3-15(21)12-17(14)18-13-19(24-6-10-26-11-7-24)20(23-22-18)27-16-4-8-25-9-5-16;1-9-6-7-10(15)8-11(9)14-16-12(2,3)13(4,5)17-14;2*14-12-9-11(17-3-7-19-8-4-17)13(16-15-12)20-10-1-5-18-6-2-10;9-7-5-6(8(10)12-11-7)13-1-3-14-4-2-13;5-2-1-3(6)8-9-4(2)7;1-3-6-4-2-5-1/h2-3,12-13,16H,4-11,21H2,1H3;6-8H,15H2,1-5H3;2*9-10H,1-8H2;5H,1-4H2;1H;5H,1-4H2. The average molecular weight is 1710 g/mol. The summed E-state index contributed by atoms with van der Waals surface area (Å²) in [6.07, 6.45) is 5.67. The zero-order chi connectivity index (χ0) is 80.1. The van der Waals surface area contributed by atoms with Crippen molar-refractivity contribution < 1.29 is 61.4 Å². The van der Waals surface area contributed by atoms with E-state index < -0.39 is 0 Å². The number of hydrogen-bond donors (Lipinski definition) is 3. The lowest BCUT2D eigenvalue weighted by Crippen LogP contribution is -2.41. The SMILES string of the molecule is C1COCCN1.Cc1ccc(N)cc1-c1cc(N2CCOCC2)c(OC2CCOCC2)nn1.Cc1ccc(N)cc1B1OC(C)(C)C(C)(C)O1.Clc1cc(Cl)c(Cl)nn1.Clc1cc(N2CCOCC2)c(Cl)nn1.Clc1cc(N2CCOCC2)c(OC2CCOCC2)nn1.Clc1cc(N2CCOCC2)c(OC2CCOCC2)nn1. The van der Waals surface area contributed by atoms with Crippen LogP contribution in [-0.4, -0.2) is 259 Å². The Morgan fingerprint density at radius 3 is 1.11 bits per heavy atom. The summed E-state index contributed by atoms with van der Waals surface area (Å²) in [7, 11) is -0.330. The number of nitrogens with zero attached hydrogens (tertiary/aromatic N) is 14. The third kappa shape index (κ3) is 27.9. The fourth-order valence-corrected chi connectivity index (χ4v) is 13.5. The molecule has 30 nitrogen and oxygen atoms in total. The van der Waals surface area contributed by atoms with E-state index in [0.29, 0.717) is 102 Å². The van der Waals surface area contributed by atoms with Crippen molar-refractivity contribution >= 4 is 128 Å². The number of morpholine rings is 5. The highest BCUT2D eigenvalue weighted by Crippen LogP contribution is 2.39. The highest BCUT2D eigenvalue weighted by molar-refractivity contribution is 6.62. The van der Waals surface area contributed by atoms with Gasteiger partial charge >= 0.3 is 7.12 Å². The second-order valence-corrected chi connectivity index (χ2v) is 30.8. The van der Waals surface area contributed by atoms with Gasteiger partial charge < -0.3 is 97.8 Å². The number of benzene rings is 2. The highest BCUT2D eigenvalue weighted by Gasteiger charge is 2.52. The van der Waals surface area contributed by atoms with Gasteiger partial charge in [0, 0.05) is 139 Å². The molecule has 7 aromatic rings. The van der Waals surface area contributed by atoms with Gasteiger partial charge in [0.2, 0.25) is 0 Å². The number of nitrogens with one attached hydrogen (secondary N) is 1. The third-order valence-electron chi connectivity index (χ3n) is 19.5. The van der Waals surface area contributed by atoms with E-state index >= 15 is 0 Å². The first-order chi connectivity index (χ1) is 54.6. The number of halogens is 7. The molecule has 16 rings (SSSR count). The van der Waals surface area contributed by atoms with Gasteiger partial charge in [0.25, 0.3) is 17.6 Å². The highest BCUT2D eigenvalue weighted by atomic mass is 35.5. The predicted octanol–water partition coefficient (Wildman–Crippen LogP) is 11.0. The molecule has 5 N–H and O–H groups in total. The first kappa shape index (κ1) is 89.0. The Morgan fingerprint density at radius 2 is 0.717 bits per heavy atom. The number of aromatic nitrogens is 10. The predicted molar refractivity (Wildman–Crippen MR) is 440 cm³/mol. The van der Waals surface area contributed by atoms with Gasteiger partial charge in [-0.25, -0.2) is 0 Å². The van der Waals surface area contributed by atoms with Crippen LogP contribution in [-0.2, 0) is 47.2 Å². The summed E-state index contributed by atoms with van der Waals surface area (Å²) in [6.45, 7) is 32.6. The van der Waals surface area contributed by atoms with Crippen molar-refractivity contribution in [2.45, 2.75) is 110 Å². The lowest BCUT2D eigenvalue weighted by atomic mass is 9.76. The van der Waals surface area contributed by atoms with Crippen LogP contribution in [0.4, 0.5) is 34.1 Å². The summed E-state index contributed by atoms with van der Waals surface area (Å²) in [5, 5.41) is 44.6. The molecule has 0 radical (unpaired) electrons. The van der Waals surface area contributed by atoms with Gasteiger partial charge in [0.15, 0.2) is 30.9 Å². The molecule has 0 atom stereocenters. The minimum absolute atomic E-state index is 0.118. The van der Waals surface area contributed by atoms with Crippen molar-refractivity contribution in [3.05, 3.63) is 114 Å². The number of rotatable bonds is 12.